The topological polar surface area (TPSA) is 94.1 Å². The second-order valence-electron chi connectivity index (χ2n) is 9.01. The number of pyridine rings is 1. The highest BCUT2D eigenvalue weighted by Crippen LogP contribution is 2.27. The van der Waals surface area contributed by atoms with Crippen LogP contribution in [0.15, 0.2) is 40.9 Å². The van der Waals surface area contributed by atoms with E-state index < -0.39 is 0 Å². The molecule has 0 bridgehead atoms. The minimum atomic E-state index is 0.494. The molecule has 9 heteroatoms. The number of aryl methyl sites for hydroxylation is 2. The van der Waals surface area contributed by atoms with Gasteiger partial charge in [0.15, 0.2) is 5.65 Å². The number of aromatic nitrogens is 5. The Kier molecular flexibility index (Phi) is 7.23. The fourth-order valence-electron chi connectivity index (χ4n) is 4.57. The van der Waals surface area contributed by atoms with Crippen molar-refractivity contribution in [1.29, 1.82) is 0 Å². The lowest BCUT2D eigenvalue weighted by Gasteiger charge is -2.26. The number of imidazole rings is 1. The Morgan fingerprint density at radius 2 is 1.89 bits per heavy atom. The van der Waals surface area contributed by atoms with Gasteiger partial charge in [-0.1, -0.05) is 13.3 Å². The fraction of sp³-hybridized carbons (Fsp3) is 0.462. The first-order valence-corrected chi connectivity index (χ1v) is 12.6. The van der Waals surface area contributed by atoms with E-state index in [1.807, 2.05) is 24.3 Å². The number of fused-ring (bicyclic) bond motifs is 1. The normalized spacial score (nSPS) is 14.5. The van der Waals surface area contributed by atoms with Crippen LogP contribution in [0.1, 0.15) is 44.9 Å². The maximum absolute atomic E-state index is 5.86. The van der Waals surface area contributed by atoms with Gasteiger partial charge >= 0.3 is 0 Å². The number of hydrogen-bond donors (Lipinski definition) is 1. The molecule has 1 fully saturated rings. The van der Waals surface area contributed by atoms with Crippen molar-refractivity contribution in [3.63, 3.8) is 0 Å². The molecule has 184 valence electrons. The molecule has 0 radical (unpaired) electrons. The minimum Gasteiger partial charge on any atom is -0.497 e. The summed E-state index contributed by atoms with van der Waals surface area (Å²) in [6, 6.07) is 9.90. The van der Waals surface area contributed by atoms with Crippen LogP contribution < -0.4 is 10.1 Å². The minimum absolute atomic E-state index is 0.494. The van der Waals surface area contributed by atoms with E-state index >= 15 is 0 Å². The molecule has 0 saturated carbocycles. The SMILES string of the molecule is CCCc1nnc(-c2cnc3nc(Nc4ccc(OC)cc4)n(CCCN4CCCCC4)c3c2)o1. The molecule has 0 spiro atoms. The van der Waals surface area contributed by atoms with E-state index in [0.29, 0.717) is 17.4 Å². The largest absolute Gasteiger partial charge is 0.497 e. The molecule has 1 saturated heterocycles. The Morgan fingerprint density at radius 1 is 1.06 bits per heavy atom. The van der Waals surface area contributed by atoms with E-state index in [9.17, 15) is 0 Å². The maximum atomic E-state index is 5.86. The van der Waals surface area contributed by atoms with Crippen LogP contribution in [0.4, 0.5) is 11.6 Å². The van der Waals surface area contributed by atoms with Gasteiger partial charge in [0, 0.05) is 24.8 Å². The molecule has 9 nitrogen and oxygen atoms in total. The summed E-state index contributed by atoms with van der Waals surface area (Å²) in [5.41, 5.74) is 3.39. The third kappa shape index (κ3) is 5.45. The summed E-state index contributed by atoms with van der Waals surface area (Å²) in [6.45, 7) is 6.41. The molecule has 0 unspecified atom stereocenters. The second kappa shape index (κ2) is 10.9. The van der Waals surface area contributed by atoms with Crippen molar-refractivity contribution in [3.8, 4) is 17.2 Å². The molecular formula is C26H33N7O2. The zero-order valence-electron chi connectivity index (χ0n) is 20.5. The quantitative estimate of drug-likeness (QED) is 0.340. The van der Waals surface area contributed by atoms with Crippen molar-refractivity contribution in [2.75, 3.05) is 32.1 Å². The van der Waals surface area contributed by atoms with Crippen molar-refractivity contribution < 1.29 is 9.15 Å². The number of hydrogen-bond acceptors (Lipinski definition) is 8. The Labute approximate surface area is 205 Å². The Hall–Kier alpha value is -3.46. The number of ether oxygens (including phenoxy) is 1. The van der Waals surface area contributed by atoms with Crippen LogP contribution in [-0.2, 0) is 13.0 Å². The first-order valence-electron chi connectivity index (χ1n) is 12.6. The third-order valence-corrected chi connectivity index (χ3v) is 6.43. The molecule has 1 aliphatic rings. The summed E-state index contributed by atoms with van der Waals surface area (Å²) in [7, 11) is 1.67. The number of benzene rings is 1. The number of rotatable bonds is 10. The second-order valence-corrected chi connectivity index (χ2v) is 9.01. The Bertz CT molecular complexity index is 1240. The van der Waals surface area contributed by atoms with Gasteiger partial charge in [0.05, 0.1) is 18.2 Å². The zero-order chi connectivity index (χ0) is 24.0. The van der Waals surface area contributed by atoms with E-state index in [2.05, 4.69) is 43.0 Å². The van der Waals surface area contributed by atoms with Crippen LogP contribution in [0.25, 0.3) is 22.6 Å². The summed E-state index contributed by atoms with van der Waals surface area (Å²) >= 11 is 0. The van der Waals surface area contributed by atoms with Crippen molar-refractivity contribution in [2.45, 2.75) is 52.0 Å². The van der Waals surface area contributed by atoms with Gasteiger partial charge in [-0.05, 0) is 75.6 Å². The van der Waals surface area contributed by atoms with Crippen LogP contribution in [0.3, 0.4) is 0 Å². The van der Waals surface area contributed by atoms with Crippen molar-refractivity contribution in [1.82, 2.24) is 29.6 Å². The van der Waals surface area contributed by atoms with E-state index in [-0.39, 0.29) is 0 Å². The number of likely N-dealkylation sites (tertiary alicyclic amines) is 1. The average Bonchev–Trinajstić information content (AvgIpc) is 3.50. The smallest absolute Gasteiger partial charge is 0.249 e. The van der Waals surface area contributed by atoms with Crippen LogP contribution in [0, 0.1) is 0 Å². The van der Waals surface area contributed by atoms with E-state index in [4.69, 9.17) is 14.1 Å². The summed E-state index contributed by atoms with van der Waals surface area (Å²) in [6.07, 6.45) is 8.48. The van der Waals surface area contributed by atoms with Crippen molar-refractivity contribution >= 4 is 22.8 Å². The highest BCUT2D eigenvalue weighted by atomic mass is 16.5. The lowest BCUT2D eigenvalue weighted by molar-refractivity contribution is 0.223. The van der Waals surface area contributed by atoms with E-state index in [1.54, 1.807) is 13.3 Å². The molecule has 1 aliphatic heterocycles. The Morgan fingerprint density at radius 3 is 2.66 bits per heavy atom. The molecule has 0 aliphatic carbocycles. The monoisotopic (exact) mass is 475 g/mol. The fourth-order valence-corrected chi connectivity index (χ4v) is 4.57. The first kappa shape index (κ1) is 23.3. The van der Waals surface area contributed by atoms with Gasteiger partial charge in [0.25, 0.3) is 0 Å². The molecular weight excluding hydrogens is 442 g/mol. The first-order chi connectivity index (χ1) is 17.2. The maximum Gasteiger partial charge on any atom is 0.249 e. The predicted molar refractivity (Wildman–Crippen MR) is 136 cm³/mol. The Balaban J connectivity index is 1.43. The summed E-state index contributed by atoms with van der Waals surface area (Å²) in [4.78, 5) is 12.0. The highest BCUT2D eigenvalue weighted by Gasteiger charge is 2.17. The van der Waals surface area contributed by atoms with Gasteiger partial charge in [-0.25, -0.2) is 4.98 Å². The van der Waals surface area contributed by atoms with Crippen molar-refractivity contribution in [3.05, 3.63) is 42.4 Å². The van der Waals surface area contributed by atoms with Crippen LogP contribution >= 0.6 is 0 Å². The van der Waals surface area contributed by atoms with Gasteiger partial charge in [-0.15, -0.1) is 10.2 Å². The lowest BCUT2D eigenvalue weighted by atomic mass is 10.1. The lowest BCUT2D eigenvalue weighted by Crippen LogP contribution is -2.31. The number of nitrogens with zero attached hydrogens (tertiary/aromatic N) is 6. The zero-order valence-corrected chi connectivity index (χ0v) is 20.5. The number of anilines is 2. The molecule has 0 amide bonds. The van der Waals surface area contributed by atoms with Crippen LogP contribution in [0.2, 0.25) is 0 Å². The third-order valence-electron chi connectivity index (χ3n) is 6.43. The van der Waals surface area contributed by atoms with E-state index in [0.717, 1.165) is 60.8 Å². The average molecular weight is 476 g/mol. The van der Waals surface area contributed by atoms with Crippen LogP contribution in [0.5, 0.6) is 5.75 Å². The summed E-state index contributed by atoms with van der Waals surface area (Å²) in [5, 5.41) is 11.9. The molecule has 4 heterocycles. The number of piperidine rings is 1. The highest BCUT2D eigenvalue weighted by molar-refractivity contribution is 5.80. The molecule has 5 rings (SSSR count). The van der Waals surface area contributed by atoms with E-state index in [1.165, 1.54) is 32.4 Å². The molecule has 1 aromatic carbocycles. The number of methoxy groups -OCH3 is 1. The van der Waals surface area contributed by atoms with Gasteiger partial charge in [-0.3, -0.25) is 0 Å². The van der Waals surface area contributed by atoms with Gasteiger partial charge in [-0.2, -0.15) is 4.98 Å². The molecule has 4 aromatic rings. The summed E-state index contributed by atoms with van der Waals surface area (Å²) in [5.74, 6) is 2.73. The van der Waals surface area contributed by atoms with Crippen molar-refractivity contribution in [2.24, 2.45) is 0 Å². The molecule has 0 atom stereocenters. The van der Waals surface area contributed by atoms with Gasteiger partial charge in [0.2, 0.25) is 17.7 Å². The molecule has 35 heavy (non-hydrogen) atoms. The molecule has 3 aromatic heterocycles. The van der Waals surface area contributed by atoms with Crippen LogP contribution in [-0.4, -0.2) is 56.4 Å². The van der Waals surface area contributed by atoms with Gasteiger partial charge < -0.3 is 23.9 Å². The standard InChI is InChI=1S/C26H33N7O2/c1-3-8-23-30-31-25(35-23)19-17-22-24(27-18-19)29-26(28-20-9-11-21(34-2)12-10-20)33(22)16-7-15-32-13-5-4-6-14-32/h9-12,17-18H,3-8,13-16H2,1-2H3,(H,27,28,29). The number of nitrogens with one attached hydrogen (secondary N) is 1. The molecule has 1 N–H and O–H groups in total. The predicted octanol–water partition coefficient (Wildman–Crippen LogP) is 5.06. The van der Waals surface area contributed by atoms with Gasteiger partial charge in [0.1, 0.15) is 5.75 Å². The summed E-state index contributed by atoms with van der Waals surface area (Å²) < 4.78 is 13.4.